The van der Waals surface area contributed by atoms with E-state index in [0.29, 0.717) is 5.75 Å². The van der Waals surface area contributed by atoms with Gasteiger partial charge in [0.25, 0.3) is 0 Å². The zero-order valence-corrected chi connectivity index (χ0v) is 16.2. The quantitative estimate of drug-likeness (QED) is 0.659. The summed E-state index contributed by atoms with van der Waals surface area (Å²) < 4.78 is 20.5. The third-order valence-electron chi connectivity index (χ3n) is 5.18. The fourth-order valence-electron chi connectivity index (χ4n) is 3.72. The first-order chi connectivity index (χ1) is 14.2. The van der Waals surface area contributed by atoms with Crippen LogP contribution in [0.4, 0.5) is 4.39 Å². The Labute approximate surface area is 169 Å². The van der Waals surface area contributed by atoms with Crippen LogP contribution in [0.2, 0.25) is 0 Å². The largest absolute Gasteiger partial charge is 0.493 e. The lowest BCUT2D eigenvalue weighted by Crippen LogP contribution is -2.31. The summed E-state index contributed by atoms with van der Waals surface area (Å²) >= 11 is 0. The van der Waals surface area contributed by atoms with Crippen molar-refractivity contribution in [2.45, 2.75) is 38.3 Å². The molecule has 0 radical (unpaired) electrons. The van der Waals surface area contributed by atoms with E-state index in [1.165, 1.54) is 23.4 Å². The van der Waals surface area contributed by atoms with E-state index >= 15 is 0 Å². The number of benzene rings is 2. The Morgan fingerprint density at radius 1 is 1.17 bits per heavy atom. The lowest BCUT2D eigenvalue weighted by Gasteiger charge is -2.24. The minimum Gasteiger partial charge on any atom is -0.493 e. The van der Waals surface area contributed by atoms with Crippen molar-refractivity contribution < 1.29 is 13.9 Å². The molecule has 150 valence electrons. The van der Waals surface area contributed by atoms with Gasteiger partial charge in [-0.25, -0.2) is 4.39 Å². The van der Waals surface area contributed by atoms with Crippen LogP contribution < -0.4 is 10.1 Å². The Morgan fingerprint density at radius 3 is 2.76 bits per heavy atom. The minimum atomic E-state index is -0.309. The number of nitrogens with zero attached hydrogens (tertiary/aromatic N) is 2. The summed E-state index contributed by atoms with van der Waals surface area (Å²) in [6, 6.07) is 16.0. The van der Waals surface area contributed by atoms with Crippen LogP contribution >= 0.6 is 0 Å². The Hall–Kier alpha value is -3.15. The molecule has 0 bridgehead atoms. The summed E-state index contributed by atoms with van der Waals surface area (Å²) in [5.74, 6) is 0.193. The highest BCUT2D eigenvalue weighted by atomic mass is 19.1. The van der Waals surface area contributed by atoms with Crippen LogP contribution in [0.25, 0.3) is 0 Å². The molecule has 1 aliphatic carbocycles. The molecule has 1 atom stereocenters. The topological polar surface area (TPSA) is 56.1 Å². The van der Waals surface area contributed by atoms with Gasteiger partial charge in [0.2, 0.25) is 5.91 Å². The normalized spacial score (nSPS) is 15.6. The van der Waals surface area contributed by atoms with Gasteiger partial charge in [0.05, 0.1) is 31.8 Å². The maximum atomic E-state index is 12.9. The van der Waals surface area contributed by atoms with Gasteiger partial charge < -0.3 is 10.1 Å². The van der Waals surface area contributed by atoms with E-state index in [9.17, 15) is 9.18 Å². The maximum absolute atomic E-state index is 12.9. The number of hydrogen-bond donors (Lipinski definition) is 1. The number of halogens is 1. The second-order valence-corrected chi connectivity index (χ2v) is 7.25. The van der Waals surface area contributed by atoms with Crippen molar-refractivity contribution in [2.75, 3.05) is 6.61 Å². The van der Waals surface area contributed by atoms with Crippen molar-refractivity contribution >= 4 is 5.91 Å². The van der Waals surface area contributed by atoms with Crippen molar-refractivity contribution in [2.24, 2.45) is 0 Å². The summed E-state index contributed by atoms with van der Waals surface area (Å²) in [4.78, 5) is 12.4. The van der Waals surface area contributed by atoms with Crippen LogP contribution in [0, 0.1) is 5.82 Å². The average molecular weight is 393 g/mol. The number of ether oxygens (including phenoxy) is 1. The highest BCUT2D eigenvalue weighted by Gasteiger charge is 2.25. The van der Waals surface area contributed by atoms with Crippen molar-refractivity contribution in [3.63, 3.8) is 0 Å². The Bertz CT molecular complexity index is 954. The number of rotatable bonds is 7. The molecule has 1 amide bonds. The van der Waals surface area contributed by atoms with E-state index in [1.807, 2.05) is 29.1 Å². The molecular weight excluding hydrogens is 369 g/mol. The van der Waals surface area contributed by atoms with Gasteiger partial charge in [-0.2, -0.15) is 5.10 Å². The van der Waals surface area contributed by atoms with Crippen LogP contribution in [0.3, 0.4) is 0 Å². The number of nitrogens with one attached hydrogen (secondary N) is 1. The zero-order valence-electron chi connectivity index (χ0n) is 16.2. The fourth-order valence-corrected chi connectivity index (χ4v) is 3.72. The van der Waals surface area contributed by atoms with Gasteiger partial charge in [0.15, 0.2) is 0 Å². The number of carbonyl (C=O) groups is 1. The molecule has 1 heterocycles. The van der Waals surface area contributed by atoms with E-state index in [2.05, 4.69) is 22.5 Å². The van der Waals surface area contributed by atoms with Crippen LogP contribution in [0.5, 0.6) is 5.75 Å². The summed E-state index contributed by atoms with van der Waals surface area (Å²) in [5, 5.41) is 7.68. The van der Waals surface area contributed by atoms with Gasteiger partial charge in [0.1, 0.15) is 11.6 Å². The predicted molar refractivity (Wildman–Crippen MR) is 108 cm³/mol. The van der Waals surface area contributed by atoms with Gasteiger partial charge in [-0.3, -0.25) is 9.48 Å². The van der Waals surface area contributed by atoms with E-state index in [1.54, 1.807) is 12.1 Å². The monoisotopic (exact) mass is 393 g/mol. The Kier molecular flexibility index (Phi) is 5.89. The maximum Gasteiger partial charge on any atom is 0.223 e. The second-order valence-electron chi connectivity index (χ2n) is 7.25. The van der Waals surface area contributed by atoms with E-state index in [-0.39, 0.29) is 30.8 Å². The Morgan fingerprint density at radius 2 is 1.97 bits per heavy atom. The van der Waals surface area contributed by atoms with Crippen molar-refractivity contribution in [3.05, 3.63) is 83.4 Å². The number of fused-ring (bicyclic) bond motifs is 1. The van der Waals surface area contributed by atoms with E-state index in [4.69, 9.17) is 4.74 Å². The van der Waals surface area contributed by atoms with Gasteiger partial charge in [0, 0.05) is 11.3 Å². The summed E-state index contributed by atoms with van der Waals surface area (Å²) in [5.41, 5.74) is 3.52. The molecule has 29 heavy (non-hydrogen) atoms. The van der Waals surface area contributed by atoms with Crippen molar-refractivity contribution in [3.8, 4) is 5.75 Å². The SMILES string of the molecule is O=C(CCOc1ccc(F)cc1)N[C@@H]1CCCc2c1cnn2Cc1ccccc1. The zero-order chi connectivity index (χ0) is 20.1. The molecule has 1 aliphatic rings. The molecule has 6 heteroatoms. The first-order valence-electron chi connectivity index (χ1n) is 9.95. The van der Waals surface area contributed by atoms with Crippen LogP contribution in [0.15, 0.2) is 60.8 Å². The van der Waals surface area contributed by atoms with E-state index in [0.717, 1.165) is 31.4 Å². The number of hydrogen-bond acceptors (Lipinski definition) is 3. The smallest absolute Gasteiger partial charge is 0.223 e. The molecule has 0 fully saturated rings. The van der Waals surface area contributed by atoms with Gasteiger partial charge >= 0.3 is 0 Å². The first kappa shape index (κ1) is 19.2. The number of carbonyl (C=O) groups excluding carboxylic acids is 1. The fraction of sp³-hybridized carbons (Fsp3) is 0.304. The molecule has 5 nitrogen and oxygen atoms in total. The molecule has 0 saturated carbocycles. The first-order valence-corrected chi connectivity index (χ1v) is 9.95. The van der Waals surface area contributed by atoms with Crippen molar-refractivity contribution in [1.29, 1.82) is 0 Å². The van der Waals surface area contributed by atoms with Crippen LogP contribution in [-0.2, 0) is 17.8 Å². The van der Waals surface area contributed by atoms with Gasteiger partial charge in [-0.1, -0.05) is 30.3 Å². The van der Waals surface area contributed by atoms with Crippen LogP contribution in [0.1, 0.15) is 42.1 Å². The van der Waals surface area contributed by atoms with Crippen LogP contribution in [-0.4, -0.2) is 22.3 Å². The molecule has 0 spiro atoms. The average Bonchev–Trinajstić information content (AvgIpc) is 3.14. The third-order valence-corrected chi connectivity index (χ3v) is 5.18. The molecule has 2 aromatic carbocycles. The number of aromatic nitrogens is 2. The summed E-state index contributed by atoms with van der Waals surface area (Å²) in [6.45, 7) is 0.993. The van der Waals surface area contributed by atoms with Crippen molar-refractivity contribution in [1.82, 2.24) is 15.1 Å². The van der Waals surface area contributed by atoms with Gasteiger partial charge in [-0.05, 0) is 49.1 Å². The second kappa shape index (κ2) is 8.90. The predicted octanol–water partition coefficient (Wildman–Crippen LogP) is 4.03. The summed E-state index contributed by atoms with van der Waals surface area (Å²) in [7, 11) is 0. The van der Waals surface area contributed by atoms with E-state index < -0.39 is 0 Å². The Balaban J connectivity index is 1.33. The molecular formula is C23H24FN3O2. The number of amides is 1. The standard InChI is InChI=1S/C23H24FN3O2/c24-18-9-11-19(12-10-18)29-14-13-23(28)26-21-7-4-8-22-20(21)15-25-27(22)16-17-5-2-1-3-6-17/h1-3,5-6,9-12,15,21H,4,7-8,13-14,16H2,(H,26,28)/t21-/m1/s1. The molecule has 1 N–H and O–H groups in total. The highest BCUT2D eigenvalue weighted by molar-refractivity contribution is 5.76. The molecule has 0 aliphatic heterocycles. The third kappa shape index (κ3) is 4.83. The lowest BCUT2D eigenvalue weighted by molar-refractivity contribution is -0.122. The lowest BCUT2D eigenvalue weighted by atomic mass is 9.92. The molecule has 4 rings (SSSR count). The molecule has 3 aromatic rings. The summed E-state index contributed by atoms with van der Waals surface area (Å²) in [6.07, 6.45) is 5.04. The molecule has 0 unspecified atom stereocenters. The minimum absolute atomic E-state index is 0.0124. The molecule has 0 saturated heterocycles. The molecule has 1 aromatic heterocycles. The van der Waals surface area contributed by atoms with Gasteiger partial charge in [-0.15, -0.1) is 0 Å². The highest BCUT2D eigenvalue weighted by Crippen LogP contribution is 2.30.